The van der Waals surface area contributed by atoms with Gasteiger partial charge in [-0.2, -0.15) is 0 Å². The van der Waals surface area contributed by atoms with Crippen LogP contribution in [0.15, 0.2) is 30.0 Å². The molecule has 2 unspecified atom stereocenters. The van der Waals surface area contributed by atoms with Gasteiger partial charge in [-0.05, 0) is 24.6 Å². The first-order valence-corrected chi connectivity index (χ1v) is 8.47. The van der Waals surface area contributed by atoms with Gasteiger partial charge in [-0.3, -0.25) is 4.90 Å². The van der Waals surface area contributed by atoms with Crippen molar-refractivity contribution in [1.82, 2.24) is 15.1 Å². The number of nitrogens with one attached hydrogen (secondary N) is 1. The molecule has 0 aliphatic carbocycles. The van der Waals surface area contributed by atoms with Gasteiger partial charge in [-0.25, -0.2) is 9.18 Å². The van der Waals surface area contributed by atoms with Gasteiger partial charge in [0.1, 0.15) is 17.5 Å². The van der Waals surface area contributed by atoms with Crippen LogP contribution in [0.2, 0.25) is 0 Å². The first-order valence-electron chi connectivity index (χ1n) is 8.47. The minimum atomic E-state index is -0.247. The van der Waals surface area contributed by atoms with Crippen LogP contribution in [0.3, 0.4) is 0 Å². The summed E-state index contributed by atoms with van der Waals surface area (Å²) in [4.78, 5) is 16.0. The second-order valence-corrected chi connectivity index (χ2v) is 6.44. The predicted molar refractivity (Wildman–Crippen MR) is 89.7 cm³/mol. The van der Waals surface area contributed by atoms with E-state index in [1.165, 1.54) is 12.1 Å². The summed E-state index contributed by atoms with van der Waals surface area (Å²) < 4.78 is 18.6. The van der Waals surface area contributed by atoms with Crippen molar-refractivity contribution in [3.8, 4) is 0 Å². The standard InChI is InChI=1S/C18H24FN3O2/c1-14-18(13-23)22(11-15-2-4-16(19)5-3-15)17(10-20-14)12-21-6-8-24-9-7-21/h2-5,14,17,20H,6-12H2,1H3. The van der Waals surface area contributed by atoms with E-state index >= 15 is 0 Å². The Bertz CT molecular complexity index is 595. The maximum Gasteiger partial charge on any atom is 0.147 e. The summed E-state index contributed by atoms with van der Waals surface area (Å²) in [6.45, 7) is 7.58. The number of hydrogen-bond donors (Lipinski definition) is 1. The molecule has 2 atom stereocenters. The average Bonchev–Trinajstić information content (AvgIpc) is 2.60. The molecular formula is C18H24FN3O2. The molecule has 0 saturated carbocycles. The molecule has 2 fully saturated rings. The molecule has 2 aliphatic heterocycles. The van der Waals surface area contributed by atoms with Crippen LogP contribution in [0, 0.1) is 5.82 Å². The van der Waals surface area contributed by atoms with Crippen molar-refractivity contribution in [1.29, 1.82) is 0 Å². The molecule has 2 saturated heterocycles. The summed E-state index contributed by atoms with van der Waals surface area (Å²) >= 11 is 0. The average molecular weight is 333 g/mol. The van der Waals surface area contributed by atoms with Crippen molar-refractivity contribution in [2.45, 2.75) is 25.6 Å². The highest BCUT2D eigenvalue weighted by atomic mass is 19.1. The van der Waals surface area contributed by atoms with Crippen molar-refractivity contribution < 1.29 is 13.9 Å². The predicted octanol–water partition coefficient (Wildman–Crippen LogP) is 1.04. The quantitative estimate of drug-likeness (QED) is 0.834. The van der Waals surface area contributed by atoms with Gasteiger partial charge in [0.05, 0.1) is 25.3 Å². The number of nitrogens with zero attached hydrogens (tertiary/aromatic N) is 2. The lowest BCUT2D eigenvalue weighted by Crippen LogP contribution is -2.58. The third-order valence-corrected chi connectivity index (χ3v) is 4.76. The number of morpholine rings is 1. The van der Waals surface area contributed by atoms with Crippen LogP contribution >= 0.6 is 0 Å². The van der Waals surface area contributed by atoms with E-state index in [1.54, 1.807) is 12.1 Å². The van der Waals surface area contributed by atoms with E-state index in [0.29, 0.717) is 12.2 Å². The zero-order valence-corrected chi connectivity index (χ0v) is 14.0. The molecule has 24 heavy (non-hydrogen) atoms. The summed E-state index contributed by atoms with van der Waals surface area (Å²) in [5.41, 5.74) is 1.63. The largest absolute Gasteiger partial charge is 0.379 e. The summed E-state index contributed by atoms with van der Waals surface area (Å²) in [7, 11) is 0. The highest BCUT2D eigenvalue weighted by Gasteiger charge is 2.32. The van der Waals surface area contributed by atoms with Crippen LogP contribution in [0.25, 0.3) is 0 Å². The fourth-order valence-electron chi connectivity index (χ4n) is 3.36. The van der Waals surface area contributed by atoms with Gasteiger partial charge in [0, 0.05) is 32.7 Å². The number of ether oxygens (including phenoxy) is 1. The molecule has 6 heteroatoms. The first-order chi connectivity index (χ1) is 11.7. The zero-order valence-electron chi connectivity index (χ0n) is 14.0. The maximum atomic E-state index is 13.1. The third kappa shape index (κ3) is 4.02. The number of hydrogen-bond acceptors (Lipinski definition) is 5. The lowest BCUT2D eigenvalue weighted by atomic mass is 10.0. The monoisotopic (exact) mass is 333 g/mol. The van der Waals surface area contributed by atoms with Gasteiger partial charge in [0.2, 0.25) is 0 Å². The molecule has 1 N–H and O–H groups in total. The Morgan fingerprint density at radius 1 is 1.29 bits per heavy atom. The van der Waals surface area contributed by atoms with Gasteiger partial charge in [0.15, 0.2) is 0 Å². The van der Waals surface area contributed by atoms with Gasteiger partial charge >= 0.3 is 0 Å². The Hall–Kier alpha value is -1.72. The number of carbonyl (C=O) groups excluding carboxylic acids is 1. The maximum absolute atomic E-state index is 13.1. The van der Waals surface area contributed by atoms with Gasteiger partial charge in [-0.1, -0.05) is 12.1 Å². The molecule has 0 aromatic heterocycles. The number of rotatable bonds is 4. The van der Waals surface area contributed by atoms with Crippen LogP contribution in [0.4, 0.5) is 4.39 Å². The lowest BCUT2D eigenvalue weighted by Gasteiger charge is -2.43. The molecule has 130 valence electrons. The van der Waals surface area contributed by atoms with Crippen LogP contribution in [-0.4, -0.2) is 67.2 Å². The Balaban J connectivity index is 1.76. The highest BCUT2D eigenvalue weighted by molar-refractivity contribution is 5.54. The molecule has 0 bridgehead atoms. The fourth-order valence-corrected chi connectivity index (χ4v) is 3.36. The third-order valence-electron chi connectivity index (χ3n) is 4.76. The van der Waals surface area contributed by atoms with Crippen molar-refractivity contribution in [2.75, 3.05) is 39.4 Å². The summed E-state index contributed by atoms with van der Waals surface area (Å²) in [6, 6.07) is 6.63. The second-order valence-electron chi connectivity index (χ2n) is 6.44. The van der Waals surface area contributed by atoms with Crippen molar-refractivity contribution in [2.24, 2.45) is 0 Å². The Labute approximate surface area is 142 Å². The lowest BCUT2D eigenvalue weighted by molar-refractivity contribution is 0.0216. The van der Waals surface area contributed by atoms with E-state index in [4.69, 9.17) is 4.74 Å². The minimum absolute atomic E-state index is 0.0242. The van der Waals surface area contributed by atoms with Crippen molar-refractivity contribution in [3.05, 3.63) is 41.3 Å². The minimum Gasteiger partial charge on any atom is -0.379 e. The molecular weight excluding hydrogens is 309 g/mol. The topological polar surface area (TPSA) is 44.8 Å². The van der Waals surface area contributed by atoms with Crippen LogP contribution in [-0.2, 0) is 16.1 Å². The normalized spacial score (nSPS) is 25.6. The molecule has 0 radical (unpaired) electrons. The SMILES string of the molecule is CC1NCC(CN2CCOCC2)N(Cc2ccc(F)cc2)C1=C=O. The van der Waals surface area contributed by atoms with Gasteiger partial charge < -0.3 is 15.0 Å². The van der Waals surface area contributed by atoms with E-state index in [9.17, 15) is 9.18 Å². The van der Waals surface area contributed by atoms with Crippen LogP contribution in [0.1, 0.15) is 12.5 Å². The van der Waals surface area contributed by atoms with Crippen LogP contribution in [0.5, 0.6) is 0 Å². The molecule has 1 aromatic rings. The molecule has 2 aliphatic rings. The van der Waals surface area contributed by atoms with E-state index in [0.717, 1.165) is 45.0 Å². The molecule has 0 amide bonds. The van der Waals surface area contributed by atoms with E-state index < -0.39 is 0 Å². The Morgan fingerprint density at radius 2 is 2.00 bits per heavy atom. The highest BCUT2D eigenvalue weighted by Crippen LogP contribution is 2.21. The molecule has 0 spiro atoms. The zero-order chi connectivity index (χ0) is 16.9. The number of halogens is 1. The smallest absolute Gasteiger partial charge is 0.147 e. The summed E-state index contributed by atoms with van der Waals surface area (Å²) in [5.74, 6) is 1.87. The molecule has 5 nitrogen and oxygen atoms in total. The van der Waals surface area contributed by atoms with Crippen molar-refractivity contribution >= 4 is 5.94 Å². The van der Waals surface area contributed by atoms with E-state index in [-0.39, 0.29) is 17.9 Å². The summed E-state index contributed by atoms with van der Waals surface area (Å²) in [6.07, 6.45) is 0. The van der Waals surface area contributed by atoms with E-state index in [2.05, 4.69) is 21.1 Å². The Kier molecular flexibility index (Phi) is 5.63. The molecule has 1 aromatic carbocycles. The first kappa shape index (κ1) is 17.1. The summed E-state index contributed by atoms with van der Waals surface area (Å²) in [5, 5.41) is 3.39. The van der Waals surface area contributed by atoms with Gasteiger partial charge in [0.25, 0.3) is 0 Å². The van der Waals surface area contributed by atoms with Crippen molar-refractivity contribution in [3.63, 3.8) is 0 Å². The van der Waals surface area contributed by atoms with Gasteiger partial charge in [-0.15, -0.1) is 0 Å². The Morgan fingerprint density at radius 3 is 2.67 bits per heavy atom. The number of benzene rings is 1. The second kappa shape index (κ2) is 7.90. The fraction of sp³-hybridized carbons (Fsp3) is 0.556. The molecule has 2 heterocycles. The molecule has 3 rings (SSSR count). The van der Waals surface area contributed by atoms with E-state index in [1.807, 2.05) is 6.92 Å². The van der Waals surface area contributed by atoms with Crippen LogP contribution < -0.4 is 5.32 Å². The number of piperazine rings is 1.